The standard InChI is InChI=1S/C24H29ClN4O3S/c1-13-14(2)33-23-20(13)21(15-7-9-16(25)10-8-15)28-17(11-19(30)32-24(3,4)5)22(27)29(23)18(26)12-31-6/h7-10,17,26-27H,11-12H2,1-6H3/t17-/m0/s1. The number of fused-ring (bicyclic) bond motifs is 1. The molecule has 2 aromatic rings. The van der Waals surface area contributed by atoms with Gasteiger partial charge in [0.15, 0.2) is 0 Å². The minimum absolute atomic E-state index is 0.0211. The Hall–Kier alpha value is -2.55. The molecule has 1 atom stereocenters. The number of thiophene rings is 1. The highest BCUT2D eigenvalue weighted by Crippen LogP contribution is 2.40. The highest BCUT2D eigenvalue weighted by atomic mass is 35.5. The third kappa shape index (κ3) is 5.51. The smallest absolute Gasteiger partial charge is 0.308 e. The number of halogens is 1. The van der Waals surface area contributed by atoms with Crippen LogP contribution in [0.1, 0.15) is 48.8 Å². The van der Waals surface area contributed by atoms with Gasteiger partial charge in [0.1, 0.15) is 34.9 Å². The molecule has 0 fully saturated rings. The van der Waals surface area contributed by atoms with E-state index in [4.69, 9.17) is 36.9 Å². The van der Waals surface area contributed by atoms with Crippen molar-refractivity contribution in [1.29, 1.82) is 10.8 Å². The Morgan fingerprint density at radius 1 is 1.24 bits per heavy atom. The van der Waals surface area contributed by atoms with Crippen LogP contribution >= 0.6 is 22.9 Å². The molecule has 1 aliphatic heterocycles. The lowest BCUT2D eigenvalue weighted by atomic mass is 9.99. The zero-order chi connectivity index (χ0) is 24.5. The van der Waals surface area contributed by atoms with E-state index in [2.05, 4.69) is 0 Å². The van der Waals surface area contributed by atoms with Crippen molar-refractivity contribution in [1.82, 2.24) is 0 Å². The lowest BCUT2D eigenvalue weighted by Crippen LogP contribution is -2.44. The second kappa shape index (κ2) is 9.75. The first-order valence-corrected chi connectivity index (χ1v) is 11.7. The van der Waals surface area contributed by atoms with Crippen molar-refractivity contribution in [2.24, 2.45) is 4.99 Å². The third-order valence-corrected chi connectivity index (χ3v) is 6.54. The molecule has 0 amide bonds. The maximum Gasteiger partial charge on any atom is 0.308 e. The highest BCUT2D eigenvalue weighted by molar-refractivity contribution is 7.17. The number of amidine groups is 2. The Kier molecular flexibility index (Phi) is 7.41. The zero-order valence-electron chi connectivity index (χ0n) is 19.7. The molecular formula is C24H29ClN4O3S. The van der Waals surface area contributed by atoms with E-state index in [1.807, 2.05) is 26.0 Å². The van der Waals surface area contributed by atoms with Crippen molar-refractivity contribution in [2.45, 2.75) is 52.7 Å². The first kappa shape index (κ1) is 25.1. The summed E-state index contributed by atoms with van der Waals surface area (Å²) >= 11 is 7.61. The normalized spacial score (nSPS) is 16.2. The van der Waals surface area contributed by atoms with Crippen LogP contribution in [0.3, 0.4) is 0 Å². The number of anilines is 1. The number of rotatable bonds is 5. The molecule has 0 aliphatic carbocycles. The Bertz CT molecular complexity index is 1120. The molecule has 3 rings (SSSR count). The summed E-state index contributed by atoms with van der Waals surface area (Å²) in [5, 5.41) is 18.9. The van der Waals surface area contributed by atoms with Gasteiger partial charge in [0.2, 0.25) is 0 Å². The average Bonchev–Trinajstić information content (AvgIpc) is 2.92. The molecule has 1 aromatic heterocycles. The number of aliphatic imine (C=N–C) groups is 1. The van der Waals surface area contributed by atoms with Gasteiger partial charge < -0.3 is 9.47 Å². The predicted molar refractivity (Wildman–Crippen MR) is 135 cm³/mol. The second-order valence-corrected chi connectivity index (χ2v) is 10.5. The summed E-state index contributed by atoms with van der Waals surface area (Å²) in [5.74, 6) is -0.311. The van der Waals surface area contributed by atoms with Gasteiger partial charge in [-0.25, -0.2) is 0 Å². The van der Waals surface area contributed by atoms with Crippen LogP contribution in [0.4, 0.5) is 5.00 Å². The summed E-state index contributed by atoms with van der Waals surface area (Å²) in [7, 11) is 1.51. The van der Waals surface area contributed by atoms with E-state index in [1.54, 1.807) is 37.8 Å². The van der Waals surface area contributed by atoms with E-state index < -0.39 is 17.6 Å². The van der Waals surface area contributed by atoms with E-state index >= 15 is 0 Å². The molecule has 1 aliphatic rings. The summed E-state index contributed by atoms with van der Waals surface area (Å²) < 4.78 is 10.7. The second-order valence-electron chi connectivity index (χ2n) is 8.85. The summed E-state index contributed by atoms with van der Waals surface area (Å²) in [6.45, 7) is 9.44. The summed E-state index contributed by atoms with van der Waals surface area (Å²) in [5.41, 5.74) is 2.70. The topological polar surface area (TPSA) is 98.8 Å². The van der Waals surface area contributed by atoms with Crippen molar-refractivity contribution < 1.29 is 14.3 Å². The molecule has 2 N–H and O–H groups in total. The molecule has 0 saturated carbocycles. The van der Waals surface area contributed by atoms with E-state index in [1.165, 1.54) is 18.4 Å². The maximum absolute atomic E-state index is 12.7. The Balaban J connectivity index is 2.20. The molecule has 0 unspecified atom stereocenters. The molecule has 33 heavy (non-hydrogen) atoms. The van der Waals surface area contributed by atoms with E-state index in [-0.39, 0.29) is 24.7 Å². The average molecular weight is 489 g/mol. The summed E-state index contributed by atoms with van der Waals surface area (Å²) in [4.78, 5) is 20.2. The van der Waals surface area contributed by atoms with Gasteiger partial charge in [-0.1, -0.05) is 23.7 Å². The lowest BCUT2D eigenvalue weighted by molar-refractivity contribution is -0.154. The van der Waals surface area contributed by atoms with Gasteiger partial charge in [-0.15, -0.1) is 11.3 Å². The largest absolute Gasteiger partial charge is 0.460 e. The molecule has 0 saturated heterocycles. The first-order valence-electron chi connectivity index (χ1n) is 10.5. The predicted octanol–water partition coefficient (Wildman–Crippen LogP) is 5.38. The fourth-order valence-corrected chi connectivity index (χ4v) is 4.89. The molecule has 9 heteroatoms. The van der Waals surface area contributed by atoms with Crippen LogP contribution in [0.5, 0.6) is 0 Å². The highest BCUT2D eigenvalue weighted by Gasteiger charge is 2.36. The third-order valence-electron chi connectivity index (χ3n) is 5.10. The number of benzene rings is 1. The van der Waals surface area contributed by atoms with E-state index in [0.717, 1.165) is 26.6 Å². The Labute approximate surface area is 203 Å². The van der Waals surface area contributed by atoms with Crippen molar-refractivity contribution in [3.05, 3.63) is 50.9 Å². The van der Waals surface area contributed by atoms with Crippen LogP contribution in [0.15, 0.2) is 29.3 Å². The van der Waals surface area contributed by atoms with Crippen molar-refractivity contribution in [3.63, 3.8) is 0 Å². The molecular weight excluding hydrogens is 460 g/mol. The number of aryl methyl sites for hydroxylation is 1. The van der Waals surface area contributed by atoms with Crippen molar-refractivity contribution in [2.75, 3.05) is 18.6 Å². The minimum Gasteiger partial charge on any atom is -0.460 e. The lowest BCUT2D eigenvalue weighted by Gasteiger charge is -2.27. The first-order chi connectivity index (χ1) is 15.4. The number of methoxy groups -OCH3 is 1. The molecule has 0 radical (unpaired) electrons. The molecule has 176 valence electrons. The summed E-state index contributed by atoms with van der Waals surface area (Å²) in [6, 6.07) is 6.50. The molecule has 0 spiro atoms. The number of hydrogen-bond acceptors (Lipinski definition) is 7. The van der Waals surface area contributed by atoms with Gasteiger partial charge >= 0.3 is 5.97 Å². The van der Waals surface area contributed by atoms with Crippen molar-refractivity contribution in [3.8, 4) is 0 Å². The summed E-state index contributed by atoms with van der Waals surface area (Å²) in [6.07, 6.45) is -0.114. The Morgan fingerprint density at radius 2 is 1.88 bits per heavy atom. The van der Waals surface area contributed by atoms with Crippen LogP contribution in [0.25, 0.3) is 0 Å². The quantitative estimate of drug-likeness (QED) is 0.335. The number of hydrogen-bond donors (Lipinski definition) is 2. The molecule has 1 aromatic carbocycles. The van der Waals surface area contributed by atoms with Crippen LogP contribution in [0, 0.1) is 24.7 Å². The zero-order valence-corrected chi connectivity index (χ0v) is 21.3. The van der Waals surface area contributed by atoms with Crippen LogP contribution in [0.2, 0.25) is 5.02 Å². The van der Waals surface area contributed by atoms with Gasteiger partial charge in [-0.2, -0.15) is 0 Å². The van der Waals surface area contributed by atoms with Crippen LogP contribution < -0.4 is 4.90 Å². The number of nitrogens with one attached hydrogen (secondary N) is 2. The van der Waals surface area contributed by atoms with E-state index in [0.29, 0.717) is 10.7 Å². The van der Waals surface area contributed by atoms with Gasteiger partial charge in [0.25, 0.3) is 0 Å². The SMILES string of the molecule is COCC(=N)N1C(=N)[C@H](CC(=O)OC(C)(C)C)N=C(c2ccc(Cl)cc2)c2c1sc(C)c2C. The number of esters is 1. The minimum atomic E-state index is -0.831. The van der Waals surface area contributed by atoms with Crippen LogP contribution in [-0.4, -0.2) is 48.7 Å². The van der Waals surface area contributed by atoms with E-state index in [9.17, 15) is 4.79 Å². The fraction of sp³-hybridized carbons (Fsp3) is 0.417. The number of nitrogens with zero attached hydrogens (tertiary/aromatic N) is 2. The fourth-order valence-electron chi connectivity index (χ4n) is 3.56. The van der Waals surface area contributed by atoms with Gasteiger partial charge in [-0.3, -0.25) is 25.5 Å². The van der Waals surface area contributed by atoms with Gasteiger partial charge in [0, 0.05) is 28.1 Å². The molecule has 2 heterocycles. The van der Waals surface area contributed by atoms with Gasteiger partial charge in [-0.05, 0) is 52.3 Å². The maximum atomic E-state index is 12.7. The van der Waals surface area contributed by atoms with Gasteiger partial charge in [0.05, 0.1) is 12.1 Å². The molecule has 7 nitrogen and oxygen atoms in total. The van der Waals surface area contributed by atoms with Crippen LogP contribution in [-0.2, 0) is 14.3 Å². The molecule has 0 bridgehead atoms. The number of carbonyl (C=O) groups excluding carboxylic acids is 1. The Morgan fingerprint density at radius 3 is 2.45 bits per heavy atom. The number of ether oxygens (including phenoxy) is 2. The monoisotopic (exact) mass is 488 g/mol. The van der Waals surface area contributed by atoms with Crippen molar-refractivity contribution >= 4 is 51.3 Å². The number of carbonyl (C=O) groups is 1.